The molecule has 0 spiro atoms. The number of hydrogen-bond acceptors (Lipinski definition) is 3. The second-order valence-corrected chi connectivity index (χ2v) is 5.53. The molecule has 18 heavy (non-hydrogen) atoms. The van der Waals surface area contributed by atoms with Crippen molar-refractivity contribution in [1.29, 1.82) is 0 Å². The van der Waals surface area contributed by atoms with E-state index in [4.69, 9.17) is 0 Å². The van der Waals surface area contributed by atoms with Gasteiger partial charge in [0.15, 0.2) is 5.13 Å². The zero-order valence-corrected chi connectivity index (χ0v) is 11.9. The van der Waals surface area contributed by atoms with Crippen molar-refractivity contribution in [2.45, 2.75) is 46.0 Å². The summed E-state index contributed by atoms with van der Waals surface area (Å²) in [6.45, 7) is 4.66. The molecule has 0 atom stereocenters. The van der Waals surface area contributed by atoms with Gasteiger partial charge in [-0.05, 0) is 39.5 Å². The fourth-order valence-electron chi connectivity index (χ4n) is 2.24. The van der Waals surface area contributed by atoms with Crippen LogP contribution in [-0.4, -0.2) is 17.4 Å². The molecule has 0 saturated carbocycles. The predicted molar refractivity (Wildman–Crippen MR) is 76.0 cm³/mol. The van der Waals surface area contributed by atoms with Crippen LogP contribution in [0.2, 0.25) is 0 Å². The minimum Gasteiger partial charge on any atom is -0.288 e. The van der Waals surface area contributed by atoms with Crippen molar-refractivity contribution in [3.63, 3.8) is 0 Å². The Hall–Kier alpha value is -1.16. The summed E-state index contributed by atoms with van der Waals surface area (Å²) in [4.78, 5) is 18.5. The number of rotatable bonds is 4. The number of carbonyl (C=O) groups excluding carboxylic acids is 1. The molecule has 2 rings (SSSR count). The van der Waals surface area contributed by atoms with E-state index in [-0.39, 0.29) is 5.91 Å². The molecule has 1 aliphatic carbocycles. The fraction of sp³-hybridized carbons (Fsp3) is 0.571. The van der Waals surface area contributed by atoms with E-state index in [1.165, 1.54) is 18.4 Å². The van der Waals surface area contributed by atoms with E-state index >= 15 is 0 Å². The summed E-state index contributed by atoms with van der Waals surface area (Å²) in [6.07, 6.45) is 7.50. The van der Waals surface area contributed by atoms with Gasteiger partial charge in [0, 0.05) is 18.3 Å². The molecular formula is C14H20N2OS. The molecule has 1 aliphatic rings. The Bertz CT molecular complexity index is 450. The summed E-state index contributed by atoms with van der Waals surface area (Å²) in [7, 11) is 0. The lowest BCUT2D eigenvalue weighted by Gasteiger charge is -2.20. The second-order valence-electron chi connectivity index (χ2n) is 4.69. The molecule has 3 nitrogen and oxygen atoms in total. The van der Waals surface area contributed by atoms with Gasteiger partial charge in [0.05, 0.1) is 5.69 Å². The van der Waals surface area contributed by atoms with Crippen LogP contribution in [-0.2, 0) is 4.79 Å². The zero-order chi connectivity index (χ0) is 13.0. The number of nitrogens with zero attached hydrogens (tertiary/aromatic N) is 2. The lowest BCUT2D eigenvalue weighted by Crippen LogP contribution is -2.30. The van der Waals surface area contributed by atoms with Crippen molar-refractivity contribution in [2.24, 2.45) is 0 Å². The molecule has 0 bridgehead atoms. The third-order valence-electron chi connectivity index (χ3n) is 3.22. The minimum atomic E-state index is 0.181. The molecule has 0 fully saturated rings. The standard InChI is InChI=1S/C14H20N2OS/c1-3-16(14-15-11(2)10-18-14)13(17)9-12-7-5-4-6-8-12/h7,10H,3-6,8-9H2,1-2H3. The van der Waals surface area contributed by atoms with Crippen LogP contribution in [0.1, 0.15) is 44.7 Å². The van der Waals surface area contributed by atoms with Gasteiger partial charge in [0.1, 0.15) is 0 Å². The Labute approximate surface area is 113 Å². The summed E-state index contributed by atoms with van der Waals surface area (Å²) < 4.78 is 0. The lowest BCUT2D eigenvalue weighted by atomic mass is 9.97. The number of hydrogen-bond donors (Lipinski definition) is 0. The largest absolute Gasteiger partial charge is 0.288 e. The second kappa shape index (κ2) is 6.14. The van der Waals surface area contributed by atoms with Crippen LogP contribution in [0.25, 0.3) is 0 Å². The highest BCUT2D eigenvalue weighted by Gasteiger charge is 2.18. The van der Waals surface area contributed by atoms with Crippen LogP contribution >= 0.6 is 11.3 Å². The quantitative estimate of drug-likeness (QED) is 0.777. The minimum absolute atomic E-state index is 0.181. The first kappa shape index (κ1) is 13.3. The zero-order valence-electron chi connectivity index (χ0n) is 11.1. The monoisotopic (exact) mass is 264 g/mol. The van der Waals surface area contributed by atoms with Gasteiger partial charge in [-0.2, -0.15) is 0 Å². The van der Waals surface area contributed by atoms with Crippen molar-refractivity contribution in [1.82, 2.24) is 4.98 Å². The first-order valence-corrected chi connectivity index (χ1v) is 7.49. The number of allylic oxidation sites excluding steroid dienone is 1. The van der Waals surface area contributed by atoms with Gasteiger partial charge in [-0.1, -0.05) is 11.6 Å². The van der Waals surface area contributed by atoms with E-state index in [1.807, 2.05) is 19.2 Å². The van der Waals surface area contributed by atoms with E-state index in [2.05, 4.69) is 11.1 Å². The molecule has 0 aromatic carbocycles. The van der Waals surface area contributed by atoms with E-state index in [1.54, 1.807) is 16.2 Å². The predicted octanol–water partition coefficient (Wildman–Crippen LogP) is 3.69. The maximum atomic E-state index is 12.3. The molecule has 0 unspecified atom stereocenters. The smallest absolute Gasteiger partial charge is 0.232 e. The molecule has 98 valence electrons. The van der Waals surface area contributed by atoms with E-state index in [0.717, 1.165) is 23.7 Å². The molecule has 0 radical (unpaired) electrons. The number of aryl methyl sites for hydroxylation is 1. The highest BCUT2D eigenvalue weighted by Crippen LogP contribution is 2.24. The van der Waals surface area contributed by atoms with Crippen molar-refractivity contribution in [2.75, 3.05) is 11.4 Å². The SMILES string of the molecule is CCN(C(=O)CC1=CCCCC1)c1nc(C)cs1. The Balaban J connectivity index is 2.03. The normalized spacial score (nSPS) is 15.3. The molecule has 1 heterocycles. The first-order valence-electron chi connectivity index (χ1n) is 6.61. The first-order chi connectivity index (χ1) is 8.70. The van der Waals surface area contributed by atoms with Crippen LogP contribution < -0.4 is 4.90 Å². The molecule has 0 saturated heterocycles. The van der Waals surface area contributed by atoms with Crippen LogP contribution in [0.4, 0.5) is 5.13 Å². The summed E-state index contributed by atoms with van der Waals surface area (Å²) >= 11 is 1.55. The van der Waals surface area contributed by atoms with Crippen LogP contribution in [0.3, 0.4) is 0 Å². The van der Waals surface area contributed by atoms with Gasteiger partial charge in [0.2, 0.25) is 5.91 Å². The molecule has 0 aliphatic heterocycles. The molecule has 0 N–H and O–H groups in total. The van der Waals surface area contributed by atoms with E-state index in [0.29, 0.717) is 13.0 Å². The fourth-order valence-corrected chi connectivity index (χ4v) is 3.12. The van der Waals surface area contributed by atoms with Crippen LogP contribution in [0.5, 0.6) is 0 Å². The van der Waals surface area contributed by atoms with E-state index in [9.17, 15) is 4.79 Å². The Morgan fingerprint density at radius 2 is 2.33 bits per heavy atom. The topological polar surface area (TPSA) is 33.2 Å². The van der Waals surface area contributed by atoms with Crippen molar-refractivity contribution >= 4 is 22.4 Å². The Kier molecular flexibility index (Phi) is 4.53. The average molecular weight is 264 g/mol. The highest BCUT2D eigenvalue weighted by molar-refractivity contribution is 7.14. The third-order valence-corrected chi connectivity index (χ3v) is 4.20. The number of carbonyl (C=O) groups is 1. The number of aromatic nitrogens is 1. The van der Waals surface area contributed by atoms with Crippen LogP contribution in [0, 0.1) is 6.92 Å². The van der Waals surface area contributed by atoms with Gasteiger partial charge >= 0.3 is 0 Å². The van der Waals surface area contributed by atoms with E-state index < -0.39 is 0 Å². The highest BCUT2D eigenvalue weighted by atomic mass is 32.1. The van der Waals surface area contributed by atoms with Gasteiger partial charge in [0.25, 0.3) is 0 Å². The number of amides is 1. The number of thiazole rings is 1. The molecule has 1 aromatic rings. The molecule has 4 heteroatoms. The van der Waals surface area contributed by atoms with Gasteiger partial charge in [-0.3, -0.25) is 9.69 Å². The molecule has 1 aromatic heterocycles. The average Bonchev–Trinajstić information content (AvgIpc) is 2.78. The summed E-state index contributed by atoms with van der Waals surface area (Å²) in [6, 6.07) is 0. The Morgan fingerprint density at radius 3 is 2.89 bits per heavy atom. The van der Waals surface area contributed by atoms with Crippen molar-refractivity contribution in [3.8, 4) is 0 Å². The lowest BCUT2D eigenvalue weighted by molar-refractivity contribution is -0.118. The maximum absolute atomic E-state index is 12.3. The maximum Gasteiger partial charge on any atom is 0.232 e. The van der Waals surface area contributed by atoms with Crippen LogP contribution in [0.15, 0.2) is 17.0 Å². The Morgan fingerprint density at radius 1 is 1.50 bits per heavy atom. The van der Waals surface area contributed by atoms with Crippen molar-refractivity contribution < 1.29 is 4.79 Å². The molecular weight excluding hydrogens is 244 g/mol. The summed E-state index contributed by atoms with van der Waals surface area (Å²) in [5, 5.41) is 2.82. The van der Waals surface area contributed by atoms with Gasteiger partial charge < -0.3 is 0 Å². The summed E-state index contributed by atoms with van der Waals surface area (Å²) in [5.41, 5.74) is 2.29. The third kappa shape index (κ3) is 3.19. The summed E-state index contributed by atoms with van der Waals surface area (Å²) in [5.74, 6) is 0.181. The van der Waals surface area contributed by atoms with Crippen molar-refractivity contribution in [3.05, 3.63) is 22.7 Å². The van der Waals surface area contributed by atoms with Gasteiger partial charge in [-0.25, -0.2) is 4.98 Å². The van der Waals surface area contributed by atoms with Gasteiger partial charge in [-0.15, -0.1) is 11.3 Å². The number of anilines is 1. The molecule has 1 amide bonds.